The van der Waals surface area contributed by atoms with E-state index in [1.54, 1.807) is 0 Å². The van der Waals surface area contributed by atoms with Gasteiger partial charge in [0.2, 0.25) is 5.91 Å². The minimum Gasteiger partial charge on any atom is -0.427 e. The Labute approximate surface area is 160 Å². The molecule has 0 heterocycles. The Hall–Kier alpha value is -1.80. The number of azide groups is 1. The van der Waals surface area contributed by atoms with Gasteiger partial charge in [-0.3, -0.25) is 4.79 Å². The standard InChI is InChI=1S/C11H3Br2F8N3O3/c12-8(14,15)10(18,19)26-5-1-4(7(25)23-24-22)2-6(3-5)27-11(20,21)9(13,16)17/h1-3H. The molecule has 27 heavy (non-hydrogen) atoms. The van der Waals surface area contributed by atoms with E-state index in [9.17, 15) is 39.9 Å². The molecule has 0 aliphatic heterocycles. The molecular formula is C11H3Br2F8N3O3. The lowest BCUT2D eigenvalue weighted by Crippen LogP contribution is -2.41. The summed E-state index contributed by atoms with van der Waals surface area (Å²) in [5, 5.41) is 2.51. The molecule has 0 aliphatic carbocycles. The van der Waals surface area contributed by atoms with E-state index in [1.807, 2.05) is 4.91 Å². The van der Waals surface area contributed by atoms with Crippen LogP contribution in [0.3, 0.4) is 0 Å². The van der Waals surface area contributed by atoms with Gasteiger partial charge in [-0.25, -0.2) is 0 Å². The molecular weight excluding hydrogens is 534 g/mol. The van der Waals surface area contributed by atoms with E-state index in [0.717, 1.165) is 0 Å². The van der Waals surface area contributed by atoms with E-state index in [1.165, 1.54) is 31.9 Å². The maximum Gasteiger partial charge on any atom is 0.475 e. The number of alkyl halides is 10. The van der Waals surface area contributed by atoms with Crippen molar-refractivity contribution in [2.75, 3.05) is 0 Å². The summed E-state index contributed by atoms with van der Waals surface area (Å²) in [7, 11) is 0. The molecule has 1 aromatic rings. The SMILES string of the molecule is [N-]=[N+]=NC(=O)c1cc(OC(F)(F)C(F)(F)Br)cc(OC(F)(F)C(F)(F)Br)c1. The lowest BCUT2D eigenvalue weighted by atomic mass is 10.2. The number of carbonyl (C=O) groups excluding carboxylic acids is 1. The molecule has 16 heteroatoms. The van der Waals surface area contributed by atoms with E-state index in [-0.39, 0.29) is 6.07 Å². The van der Waals surface area contributed by atoms with Crippen LogP contribution in [0.4, 0.5) is 35.1 Å². The van der Waals surface area contributed by atoms with Crippen molar-refractivity contribution >= 4 is 37.8 Å². The van der Waals surface area contributed by atoms with Crippen LogP contribution in [-0.2, 0) is 0 Å². The van der Waals surface area contributed by atoms with E-state index < -0.39 is 44.9 Å². The van der Waals surface area contributed by atoms with Gasteiger partial charge in [-0.1, -0.05) is 0 Å². The highest BCUT2D eigenvalue weighted by atomic mass is 79.9. The van der Waals surface area contributed by atoms with Crippen LogP contribution >= 0.6 is 31.9 Å². The Morgan fingerprint density at radius 3 is 1.56 bits per heavy atom. The minimum atomic E-state index is -5.26. The predicted octanol–water partition coefficient (Wildman–Crippen LogP) is 6.06. The number of rotatable bonds is 7. The molecule has 1 amide bonds. The van der Waals surface area contributed by atoms with Gasteiger partial charge in [-0.05, 0) is 22.8 Å². The van der Waals surface area contributed by atoms with Gasteiger partial charge in [0.25, 0.3) is 0 Å². The number of hydrogen-bond donors (Lipinski definition) is 0. The van der Waals surface area contributed by atoms with Crippen LogP contribution in [0.5, 0.6) is 11.5 Å². The second kappa shape index (κ2) is 7.67. The summed E-state index contributed by atoms with van der Waals surface area (Å²) in [4.78, 5) is 3.63. The quantitative estimate of drug-likeness (QED) is 0.140. The molecule has 150 valence electrons. The number of benzene rings is 1. The molecule has 0 fully saturated rings. The van der Waals surface area contributed by atoms with E-state index in [0.29, 0.717) is 12.1 Å². The lowest BCUT2D eigenvalue weighted by molar-refractivity contribution is -0.268. The van der Waals surface area contributed by atoms with Gasteiger partial charge in [0.05, 0.1) is 0 Å². The van der Waals surface area contributed by atoms with Crippen LogP contribution in [0, 0.1) is 0 Å². The molecule has 6 nitrogen and oxygen atoms in total. The molecule has 0 aromatic heterocycles. The monoisotopic (exact) mass is 535 g/mol. The smallest absolute Gasteiger partial charge is 0.427 e. The number of halogens is 10. The Balaban J connectivity index is 3.42. The first kappa shape index (κ1) is 23.2. The average molecular weight is 537 g/mol. The molecule has 1 aromatic carbocycles. The van der Waals surface area contributed by atoms with Crippen LogP contribution < -0.4 is 9.47 Å². The van der Waals surface area contributed by atoms with Crippen molar-refractivity contribution in [1.29, 1.82) is 0 Å². The molecule has 0 bridgehead atoms. The number of carbonyl (C=O) groups is 1. The summed E-state index contributed by atoms with van der Waals surface area (Å²) in [5.74, 6) is -4.28. The van der Waals surface area contributed by atoms with Crippen LogP contribution in [0.2, 0.25) is 0 Å². The van der Waals surface area contributed by atoms with Gasteiger partial charge < -0.3 is 9.47 Å². The zero-order valence-corrected chi connectivity index (χ0v) is 15.3. The van der Waals surface area contributed by atoms with Crippen LogP contribution in [0.25, 0.3) is 10.4 Å². The molecule has 1 rings (SSSR count). The summed E-state index contributed by atoms with van der Waals surface area (Å²) in [6, 6.07) is 0.716. The Bertz CT molecular complexity index is 729. The summed E-state index contributed by atoms with van der Waals surface area (Å²) in [6.07, 6.45) is -10.5. The van der Waals surface area contributed by atoms with Gasteiger partial charge in [-0.2, -0.15) is 35.1 Å². The third kappa shape index (κ3) is 5.84. The van der Waals surface area contributed by atoms with Crippen LogP contribution in [0.1, 0.15) is 10.4 Å². The van der Waals surface area contributed by atoms with Gasteiger partial charge in [0.15, 0.2) is 0 Å². The zero-order chi connectivity index (χ0) is 21.3. The second-order valence-electron chi connectivity index (χ2n) is 4.42. The van der Waals surface area contributed by atoms with E-state index in [4.69, 9.17) is 5.53 Å². The molecule has 0 spiro atoms. The molecule has 0 unspecified atom stereocenters. The van der Waals surface area contributed by atoms with Crippen molar-refractivity contribution in [3.8, 4) is 11.5 Å². The van der Waals surface area contributed by atoms with Crippen molar-refractivity contribution in [1.82, 2.24) is 0 Å². The molecule has 0 aliphatic rings. The fraction of sp³-hybridized carbons (Fsp3) is 0.364. The normalized spacial score (nSPS) is 13.0. The van der Waals surface area contributed by atoms with E-state index >= 15 is 0 Å². The van der Waals surface area contributed by atoms with Gasteiger partial charge in [0, 0.05) is 48.4 Å². The number of hydrogen-bond acceptors (Lipinski definition) is 3. The van der Waals surface area contributed by atoms with Gasteiger partial charge in [0.1, 0.15) is 11.5 Å². The highest BCUT2D eigenvalue weighted by molar-refractivity contribution is 9.10. The molecule has 0 atom stereocenters. The highest BCUT2D eigenvalue weighted by Gasteiger charge is 2.59. The number of nitrogens with zero attached hydrogens (tertiary/aromatic N) is 3. The van der Waals surface area contributed by atoms with Gasteiger partial charge in [-0.15, -0.1) is 0 Å². The molecule has 0 N–H and O–H groups in total. The molecule has 0 radical (unpaired) electrons. The first-order valence-corrected chi connectivity index (χ1v) is 7.60. The number of ether oxygens (including phenoxy) is 2. The molecule has 0 saturated heterocycles. The van der Waals surface area contributed by atoms with Crippen LogP contribution in [0.15, 0.2) is 23.3 Å². The van der Waals surface area contributed by atoms with Crippen LogP contribution in [-0.4, -0.2) is 27.8 Å². The Kier molecular flexibility index (Phi) is 6.60. The first-order valence-electron chi connectivity index (χ1n) is 6.02. The highest BCUT2D eigenvalue weighted by Crippen LogP contribution is 2.44. The maximum atomic E-state index is 13.3. The summed E-state index contributed by atoms with van der Waals surface area (Å²) in [5.41, 5.74) is 7.19. The fourth-order valence-corrected chi connectivity index (χ4v) is 1.49. The summed E-state index contributed by atoms with van der Waals surface area (Å²) in [6.45, 7) is 0. The summed E-state index contributed by atoms with van der Waals surface area (Å²) >= 11 is 2.65. The van der Waals surface area contributed by atoms with Crippen molar-refractivity contribution in [2.24, 2.45) is 5.11 Å². The van der Waals surface area contributed by atoms with Gasteiger partial charge >= 0.3 is 21.9 Å². The number of amides is 1. The predicted molar refractivity (Wildman–Crippen MR) is 78.8 cm³/mol. The third-order valence-electron chi connectivity index (χ3n) is 2.41. The first-order chi connectivity index (χ1) is 12.0. The van der Waals surface area contributed by atoms with Crippen molar-refractivity contribution in [2.45, 2.75) is 21.9 Å². The minimum absolute atomic E-state index is 0.103. The van der Waals surface area contributed by atoms with Crippen molar-refractivity contribution in [3.05, 3.63) is 34.2 Å². The molecule has 0 saturated carbocycles. The topological polar surface area (TPSA) is 84.3 Å². The summed E-state index contributed by atoms with van der Waals surface area (Å²) < 4.78 is 111. The largest absolute Gasteiger partial charge is 0.475 e. The average Bonchev–Trinajstić information content (AvgIpc) is 2.43. The zero-order valence-electron chi connectivity index (χ0n) is 12.1. The lowest BCUT2D eigenvalue weighted by Gasteiger charge is -2.24. The van der Waals surface area contributed by atoms with Crippen molar-refractivity contribution in [3.63, 3.8) is 0 Å². The van der Waals surface area contributed by atoms with E-state index in [2.05, 4.69) is 14.6 Å². The fourth-order valence-electron chi connectivity index (χ4n) is 1.32. The Morgan fingerprint density at radius 2 is 1.26 bits per heavy atom. The second-order valence-corrected chi connectivity index (χ2v) is 6.41. The Morgan fingerprint density at radius 1 is 0.889 bits per heavy atom. The third-order valence-corrected chi connectivity index (χ3v) is 3.34. The van der Waals surface area contributed by atoms with Crippen molar-refractivity contribution < 1.29 is 49.4 Å². The maximum absolute atomic E-state index is 13.3.